The van der Waals surface area contributed by atoms with Gasteiger partial charge in [-0.2, -0.15) is 10.1 Å². The van der Waals surface area contributed by atoms with Crippen molar-refractivity contribution < 1.29 is 19.1 Å². The molecule has 160 valence electrons. The highest BCUT2D eigenvalue weighted by Gasteiger charge is 2.32. The van der Waals surface area contributed by atoms with Gasteiger partial charge in [0, 0.05) is 12.0 Å². The van der Waals surface area contributed by atoms with E-state index in [0.29, 0.717) is 28.5 Å². The van der Waals surface area contributed by atoms with Crippen LogP contribution in [0, 0.1) is 0 Å². The third kappa shape index (κ3) is 4.30. The van der Waals surface area contributed by atoms with Gasteiger partial charge in [-0.15, -0.1) is 0 Å². The smallest absolute Gasteiger partial charge is 0.311 e. The van der Waals surface area contributed by atoms with Crippen LogP contribution in [0.2, 0.25) is 0 Å². The highest BCUT2D eigenvalue weighted by Crippen LogP contribution is 2.32. The van der Waals surface area contributed by atoms with Crippen LogP contribution in [-0.4, -0.2) is 24.7 Å². The lowest BCUT2D eigenvalue weighted by molar-refractivity contribution is -0.134. The first kappa shape index (κ1) is 21.1. The number of hydrazone groups is 1. The number of ether oxygens (including phenoxy) is 2. The number of hydrogen-bond donors (Lipinski definition) is 0. The minimum atomic E-state index is -0.350. The summed E-state index contributed by atoms with van der Waals surface area (Å²) in [6, 6.07) is 24.0. The first-order valence-electron chi connectivity index (χ1n) is 10.2. The fourth-order valence-corrected chi connectivity index (χ4v) is 3.32. The number of benzene rings is 3. The van der Waals surface area contributed by atoms with E-state index >= 15 is 0 Å². The van der Waals surface area contributed by atoms with Crippen LogP contribution in [0.5, 0.6) is 11.5 Å². The minimum absolute atomic E-state index is 0.226. The van der Waals surface area contributed by atoms with Gasteiger partial charge < -0.3 is 9.47 Å². The Kier molecular flexibility index (Phi) is 6.12. The average Bonchev–Trinajstić information content (AvgIpc) is 3.16. The Morgan fingerprint density at radius 2 is 1.66 bits per heavy atom. The fraction of sp³-hybridized carbons (Fsp3) is 0.115. The van der Waals surface area contributed by atoms with Crippen LogP contribution in [0.3, 0.4) is 0 Å². The third-order valence-corrected chi connectivity index (χ3v) is 4.94. The molecule has 0 radical (unpaired) electrons. The van der Waals surface area contributed by atoms with Gasteiger partial charge in [-0.1, -0.05) is 61.5 Å². The molecule has 0 fully saturated rings. The number of carbonyl (C=O) groups is 2. The molecule has 0 spiro atoms. The van der Waals surface area contributed by atoms with Crippen LogP contribution in [0.15, 0.2) is 89.5 Å². The van der Waals surface area contributed by atoms with Gasteiger partial charge >= 0.3 is 5.97 Å². The van der Waals surface area contributed by atoms with Crippen LogP contribution >= 0.6 is 0 Å². The molecule has 1 heterocycles. The number of esters is 1. The second-order valence-electron chi connectivity index (χ2n) is 7.06. The molecule has 4 rings (SSSR count). The highest BCUT2D eigenvalue weighted by molar-refractivity contribution is 6.37. The molecule has 1 aliphatic rings. The van der Waals surface area contributed by atoms with Gasteiger partial charge in [0.05, 0.1) is 18.4 Å². The number of anilines is 1. The van der Waals surface area contributed by atoms with Gasteiger partial charge in [0.15, 0.2) is 11.5 Å². The molecule has 0 aliphatic carbocycles. The van der Waals surface area contributed by atoms with E-state index in [0.717, 1.165) is 11.1 Å². The summed E-state index contributed by atoms with van der Waals surface area (Å²) in [6.45, 7) is 1.72. The Balaban J connectivity index is 1.76. The monoisotopic (exact) mass is 426 g/mol. The molecule has 1 amide bonds. The standard InChI is InChI=1S/C26H22N2O4/c1-3-24(29)32-22-15-14-18(17-23(22)31-2)16-21-25(19-10-6-4-7-11-19)27-28(26(21)30)20-12-8-5-9-13-20/h4-17H,3H2,1-2H3. The second-order valence-corrected chi connectivity index (χ2v) is 7.06. The Morgan fingerprint density at radius 1 is 0.969 bits per heavy atom. The molecule has 3 aromatic rings. The summed E-state index contributed by atoms with van der Waals surface area (Å²) >= 11 is 0. The number of carbonyl (C=O) groups excluding carboxylic acids is 2. The number of nitrogens with zero attached hydrogens (tertiary/aromatic N) is 2. The predicted molar refractivity (Wildman–Crippen MR) is 124 cm³/mol. The van der Waals surface area contributed by atoms with Gasteiger partial charge in [0.1, 0.15) is 5.71 Å². The Labute approximate surface area is 186 Å². The second kappa shape index (κ2) is 9.31. The quantitative estimate of drug-likeness (QED) is 0.321. The molecule has 6 heteroatoms. The summed E-state index contributed by atoms with van der Waals surface area (Å²) in [4.78, 5) is 25.0. The maximum absolute atomic E-state index is 13.3. The lowest BCUT2D eigenvalue weighted by Gasteiger charge is -2.11. The first-order valence-corrected chi connectivity index (χ1v) is 10.2. The van der Waals surface area contributed by atoms with Crippen LogP contribution in [0.25, 0.3) is 6.08 Å². The number of para-hydroxylation sites is 1. The molecule has 0 unspecified atom stereocenters. The van der Waals surface area contributed by atoms with Crippen LogP contribution in [0.1, 0.15) is 24.5 Å². The Morgan fingerprint density at radius 3 is 2.31 bits per heavy atom. The van der Waals surface area contributed by atoms with Crippen molar-refractivity contribution in [3.05, 3.63) is 95.6 Å². The molecule has 3 aromatic carbocycles. The van der Waals surface area contributed by atoms with Crippen molar-refractivity contribution in [3.63, 3.8) is 0 Å². The molecule has 0 saturated heterocycles. The van der Waals surface area contributed by atoms with Crippen molar-refractivity contribution in [2.45, 2.75) is 13.3 Å². The van der Waals surface area contributed by atoms with E-state index in [4.69, 9.17) is 9.47 Å². The molecule has 0 aromatic heterocycles. The molecular weight excluding hydrogens is 404 g/mol. The van der Waals surface area contributed by atoms with Crippen molar-refractivity contribution in [3.8, 4) is 11.5 Å². The molecule has 0 N–H and O–H groups in total. The zero-order chi connectivity index (χ0) is 22.5. The summed E-state index contributed by atoms with van der Waals surface area (Å²) in [6.07, 6.45) is 2.03. The fourth-order valence-electron chi connectivity index (χ4n) is 3.32. The highest BCUT2D eigenvalue weighted by atomic mass is 16.6. The zero-order valence-corrected chi connectivity index (χ0v) is 17.8. The van der Waals surface area contributed by atoms with Crippen molar-refractivity contribution in [2.75, 3.05) is 12.1 Å². The number of hydrogen-bond acceptors (Lipinski definition) is 5. The molecule has 1 aliphatic heterocycles. The van der Waals surface area contributed by atoms with Gasteiger partial charge in [0.25, 0.3) is 5.91 Å². The normalized spacial score (nSPS) is 14.4. The number of rotatable bonds is 6. The molecule has 0 saturated carbocycles. The first-order chi connectivity index (χ1) is 15.6. The van der Waals surface area contributed by atoms with E-state index in [9.17, 15) is 9.59 Å². The Hall–Kier alpha value is -4.19. The van der Waals surface area contributed by atoms with Gasteiger partial charge in [-0.25, -0.2) is 0 Å². The molecule has 6 nitrogen and oxygen atoms in total. The maximum Gasteiger partial charge on any atom is 0.311 e. The van der Waals surface area contributed by atoms with Crippen LogP contribution in [-0.2, 0) is 9.59 Å². The van der Waals surface area contributed by atoms with Gasteiger partial charge in [-0.3, -0.25) is 9.59 Å². The van der Waals surface area contributed by atoms with E-state index in [1.54, 1.807) is 31.2 Å². The van der Waals surface area contributed by atoms with E-state index in [1.165, 1.54) is 12.1 Å². The maximum atomic E-state index is 13.3. The topological polar surface area (TPSA) is 68.2 Å². The van der Waals surface area contributed by atoms with Crippen molar-refractivity contribution >= 4 is 29.4 Å². The van der Waals surface area contributed by atoms with Gasteiger partial charge in [-0.05, 0) is 35.9 Å². The number of amides is 1. The number of methoxy groups -OCH3 is 1. The van der Waals surface area contributed by atoms with E-state index in [2.05, 4.69) is 5.10 Å². The minimum Gasteiger partial charge on any atom is -0.493 e. The summed E-state index contributed by atoms with van der Waals surface area (Å²) in [7, 11) is 1.50. The summed E-state index contributed by atoms with van der Waals surface area (Å²) in [5.74, 6) is 0.166. The lowest BCUT2D eigenvalue weighted by atomic mass is 10.00. The average molecular weight is 426 g/mol. The van der Waals surface area contributed by atoms with Crippen molar-refractivity contribution in [1.82, 2.24) is 0 Å². The largest absolute Gasteiger partial charge is 0.493 e. The third-order valence-electron chi connectivity index (χ3n) is 4.94. The van der Waals surface area contributed by atoms with Gasteiger partial charge in [0.2, 0.25) is 0 Å². The van der Waals surface area contributed by atoms with E-state index in [-0.39, 0.29) is 18.3 Å². The van der Waals surface area contributed by atoms with Crippen LogP contribution in [0.4, 0.5) is 5.69 Å². The predicted octanol–water partition coefficient (Wildman–Crippen LogP) is 4.85. The van der Waals surface area contributed by atoms with E-state index < -0.39 is 0 Å². The molecule has 0 atom stereocenters. The molecule has 32 heavy (non-hydrogen) atoms. The Bertz CT molecular complexity index is 1200. The van der Waals surface area contributed by atoms with Crippen molar-refractivity contribution in [2.24, 2.45) is 5.10 Å². The zero-order valence-electron chi connectivity index (χ0n) is 17.8. The summed E-state index contributed by atoms with van der Waals surface area (Å²) < 4.78 is 10.7. The molecule has 0 bridgehead atoms. The van der Waals surface area contributed by atoms with Crippen LogP contribution < -0.4 is 14.5 Å². The molecular formula is C26H22N2O4. The summed E-state index contributed by atoms with van der Waals surface area (Å²) in [5.41, 5.74) is 3.29. The van der Waals surface area contributed by atoms with E-state index in [1.807, 2.05) is 60.7 Å². The lowest BCUT2D eigenvalue weighted by Crippen LogP contribution is -2.21. The van der Waals surface area contributed by atoms with Crippen molar-refractivity contribution in [1.29, 1.82) is 0 Å². The SMILES string of the molecule is CCC(=O)Oc1ccc(C=C2C(=O)N(c3ccccc3)N=C2c2ccccc2)cc1OC. The summed E-state index contributed by atoms with van der Waals surface area (Å²) in [5, 5.41) is 6.03.